The molecule has 0 aromatic heterocycles. The zero-order chi connectivity index (χ0) is 44.8. The number of hydrogen-bond acceptors (Lipinski definition) is 0. The summed E-state index contributed by atoms with van der Waals surface area (Å²) in [4.78, 5) is 0. The SMILES string of the molecule is CCCCCCCCCCCCCCCCCCCC#CCCc1ccccc1C1=C(CCCC)C(CCCCCCCCCCCCCC)=C(c2cccc(CCCC)c2)[N+]1=[N-]. The van der Waals surface area contributed by atoms with Gasteiger partial charge < -0.3 is 5.53 Å². The highest BCUT2D eigenvalue weighted by Crippen LogP contribution is 2.45. The van der Waals surface area contributed by atoms with Crippen LogP contribution in [-0.2, 0) is 12.8 Å². The standard InChI is InChI=1S/C61H98N2/c1-5-9-13-15-17-19-21-23-24-25-26-27-28-29-30-31-32-34-36-38-40-47-55-48-42-43-51-57(55)61-59(50-12-8-4)58(52-41-39-37-35-33-22-20-18-16-14-10-6-2)60(63(61)62)56-49-44-46-54(53-56)45-11-7-3/h42-44,46,48-49,51,53H,5-35,37,39-41,45,47,50,52H2,1-4H3. The van der Waals surface area contributed by atoms with Crippen LogP contribution < -0.4 is 0 Å². The molecule has 2 nitrogen and oxygen atoms in total. The largest absolute Gasteiger partial charge is 0.493 e. The van der Waals surface area contributed by atoms with Gasteiger partial charge in [0.2, 0.25) is 11.4 Å². The maximum atomic E-state index is 12.4. The lowest BCUT2D eigenvalue weighted by Gasteiger charge is -2.13. The van der Waals surface area contributed by atoms with Gasteiger partial charge in [-0.2, -0.15) is 0 Å². The molecule has 3 rings (SSSR count). The Labute approximate surface area is 391 Å². The Balaban J connectivity index is 1.53. The van der Waals surface area contributed by atoms with Crippen LogP contribution in [0, 0.1) is 11.8 Å². The van der Waals surface area contributed by atoms with Crippen molar-refractivity contribution in [1.82, 2.24) is 0 Å². The molecule has 0 aliphatic carbocycles. The molecule has 0 N–H and O–H groups in total. The fourth-order valence-electron chi connectivity index (χ4n) is 9.80. The zero-order valence-electron chi connectivity index (χ0n) is 42.1. The fourth-order valence-corrected chi connectivity index (χ4v) is 9.80. The molecule has 1 aliphatic heterocycles. The highest BCUT2D eigenvalue weighted by molar-refractivity contribution is 5.83. The maximum absolute atomic E-state index is 12.4. The van der Waals surface area contributed by atoms with Gasteiger partial charge in [0.25, 0.3) is 0 Å². The van der Waals surface area contributed by atoms with Crippen molar-refractivity contribution < 1.29 is 4.70 Å². The molecular formula is C61H98N2. The quantitative estimate of drug-likeness (QED) is 0.0362. The summed E-state index contributed by atoms with van der Waals surface area (Å²) in [6.45, 7) is 9.17. The van der Waals surface area contributed by atoms with Gasteiger partial charge >= 0.3 is 0 Å². The molecule has 63 heavy (non-hydrogen) atoms. The average Bonchev–Trinajstić information content (AvgIpc) is 3.58. The summed E-state index contributed by atoms with van der Waals surface area (Å²) in [7, 11) is 0. The van der Waals surface area contributed by atoms with Gasteiger partial charge in [-0.3, -0.25) is 0 Å². The van der Waals surface area contributed by atoms with Crippen LogP contribution >= 0.6 is 0 Å². The normalized spacial score (nSPS) is 12.8. The second-order valence-electron chi connectivity index (χ2n) is 19.4. The summed E-state index contributed by atoms with van der Waals surface area (Å²) in [5.74, 6) is 7.07. The maximum Gasteiger partial charge on any atom is 0.211 e. The van der Waals surface area contributed by atoms with E-state index in [-0.39, 0.29) is 0 Å². The molecule has 0 bridgehead atoms. The minimum absolute atomic E-state index is 0.866. The summed E-state index contributed by atoms with van der Waals surface area (Å²) < 4.78 is 1.61. The molecule has 0 atom stereocenters. The van der Waals surface area contributed by atoms with Crippen LogP contribution in [0.3, 0.4) is 0 Å². The molecular weight excluding hydrogens is 761 g/mol. The minimum Gasteiger partial charge on any atom is -0.493 e. The molecule has 0 fully saturated rings. The van der Waals surface area contributed by atoms with Gasteiger partial charge in [-0.25, -0.2) is 4.70 Å². The first-order valence-electron chi connectivity index (χ1n) is 27.7. The van der Waals surface area contributed by atoms with Crippen LogP contribution in [0.2, 0.25) is 0 Å². The Morgan fingerprint density at radius 2 is 0.810 bits per heavy atom. The van der Waals surface area contributed by atoms with Crippen LogP contribution in [0.15, 0.2) is 59.7 Å². The second-order valence-corrected chi connectivity index (χ2v) is 19.4. The highest BCUT2D eigenvalue weighted by Gasteiger charge is 2.36. The first-order valence-corrected chi connectivity index (χ1v) is 27.7. The van der Waals surface area contributed by atoms with Gasteiger partial charge in [0, 0.05) is 35.1 Å². The van der Waals surface area contributed by atoms with Gasteiger partial charge in [0.05, 0.1) is 0 Å². The second kappa shape index (κ2) is 37.3. The van der Waals surface area contributed by atoms with Crippen LogP contribution in [0.5, 0.6) is 0 Å². The first kappa shape index (κ1) is 54.4. The Bertz CT molecular complexity index is 1600. The monoisotopic (exact) mass is 859 g/mol. The van der Waals surface area contributed by atoms with Gasteiger partial charge in [-0.1, -0.05) is 244 Å². The van der Waals surface area contributed by atoms with E-state index in [0.717, 1.165) is 68.3 Å². The van der Waals surface area contributed by atoms with E-state index in [1.54, 1.807) is 4.70 Å². The predicted octanol–water partition coefficient (Wildman–Crippen LogP) is 20.5. The number of aryl methyl sites for hydroxylation is 2. The van der Waals surface area contributed by atoms with Crippen molar-refractivity contribution in [3.8, 4) is 11.8 Å². The van der Waals surface area contributed by atoms with Crippen molar-refractivity contribution in [2.45, 2.75) is 278 Å². The molecule has 0 amide bonds. The van der Waals surface area contributed by atoms with Crippen molar-refractivity contribution >= 4 is 11.4 Å². The Morgan fingerprint density at radius 1 is 0.381 bits per heavy atom. The van der Waals surface area contributed by atoms with Gasteiger partial charge in [-0.15, -0.1) is 11.8 Å². The molecule has 2 heteroatoms. The van der Waals surface area contributed by atoms with Crippen LogP contribution in [-0.4, -0.2) is 4.70 Å². The Kier molecular flexibility index (Phi) is 32.2. The van der Waals surface area contributed by atoms with Gasteiger partial charge in [0.15, 0.2) is 0 Å². The minimum atomic E-state index is 0.866. The van der Waals surface area contributed by atoms with Gasteiger partial charge in [-0.05, 0) is 80.7 Å². The first-order chi connectivity index (χ1) is 31.2. The molecule has 1 aliphatic rings. The molecule has 2 aromatic carbocycles. The molecule has 0 spiro atoms. The summed E-state index contributed by atoms with van der Waals surface area (Å²) in [5, 5.41) is 0. The van der Waals surface area contributed by atoms with Crippen molar-refractivity contribution in [3.05, 3.63) is 87.5 Å². The van der Waals surface area contributed by atoms with E-state index in [2.05, 4.69) is 88.1 Å². The molecule has 1 heterocycles. The van der Waals surface area contributed by atoms with E-state index in [4.69, 9.17) is 0 Å². The third-order valence-electron chi connectivity index (χ3n) is 13.8. The zero-order valence-corrected chi connectivity index (χ0v) is 42.1. The molecule has 0 saturated heterocycles. The average molecular weight is 859 g/mol. The van der Waals surface area contributed by atoms with Crippen molar-refractivity contribution in [2.75, 3.05) is 0 Å². The number of hydrogen-bond donors (Lipinski definition) is 0. The number of benzene rings is 2. The van der Waals surface area contributed by atoms with E-state index < -0.39 is 0 Å². The van der Waals surface area contributed by atoms with Crippen molar-refractivity contribution in [1.29, 1.82) is 0 Å². The molecule has 0 radical (unpaired) electrons. The van der Waals surface area contributed by atoms with Crippen molar-refractivity contribution in [3.63, 3.8) is 0 Å². The third kappa shape index (κ3) is 23.2. The van der Waals surface area contributed by atoms with E-state index in [0.29, 0.717) is 0 Å². The van der Waals surface area contributed by atoms with Crippen LogP contribution in [0.1, 0.15) is 288 Å². The van der Waals surface area contributed by atoms with E-state index in [1.807, 2.05) is 0 Å². The summed E-state index contributed by atoms with van der Waals surface area (Å²) in [6, 6.07) is 17.9. The van der Waals surface area contributed by atoms with E-state index in [9.17, 15) is 5.53 Å². The number of unbranched alkanes of at least 4 members (excludes halogenated alkanes) is 30. The van der Waals surface area contributed by atoms with Crippen molar-refractivity contribution in [2.24, 2.45) is 0 Å². The lowest BCUT2D eigenvalue weighted by Crippen LogP contribution is -2.05. The van der Waals surface area contributed by atoms with Crippen LogP contribution in [0.25, 0.3) is 16.9 Å². The summed E-state index contributed by atoms with van der Waals surface area (Å²) >= 11 is 0. The smallest absolute Gasteiger partial charge is 0.211 e. The lowest BCUT2D eigenvalue weighted by atomic mass is 9.90. The molecule has 2 aromatic rings. The highest BCUT2D eigenvalue weighted by atomic mass is 15.2. The summed E-state index contributed by atoms with van der Waals surface area (Å²) in [6.07, 6.45) is 50.8. The number of allylic oxidation sites excluding steroid dienone is 2. The van der Waals surface area contributed by atoms with Gasteiger partial charge in [0.1, 0.15) is 0 Å². The van der Waals surface area contributed by atoms with Crippen LogP contribution in [0.4, 0.5) is 0 Å². The number of nitrogens with zero attached hydrogens (tertiary/aromatic N) is 2. The molecule has 0 saturated carbocycles. The lowest BCUT2D eigenvalue weighted by molar-refractivity contribution is -0.345. The van der Waals surface area contributed by atoms with E-state index in [1.165, 1.54) is 227 Å². The fraction of sp³-hybridized carbons (Fsp3) is 0.705. The topological polar surface area (TPSA) is 25.3 Å². The predicted molar refractivity (Wildman–Crippen MR) is 279 cm³/mol. The third-order valence-corrected chi connectivity index (χ3v) is 13.8. The Hall–Kier alpha value is -2.92. The molecule has 352 valence electrons. The Morgan fingerprint density at radius 3 is 1.35 bits per heavy atom. The van der Waals surface area contributed by atoms with E-state index >= 15 is 0 Å². The summed E-state index contributed by atoms with van der Waals surface area (Å²) in [5.41, 5.74) is 22.2. The molecule has 0 unspecified atom stereocenters. The number of rotatable bonds is 40.